The quantitative estimate of drug-likeness (QED) is 0.731. The zero-order valence-corrected chi connectivity index (χ0v) is 11.1. The molecule has 1 aromatic rings. The molecule has 0 bridgehead atoms. The van der Waals surface area contributed by atoms with Crippen LogP contribution in [0.2, 0.25) is 0 Å². The van der Waals surface area contributed by atoms with Crippen LogP contribution < -0.4 is 0 Å². The standard InChI is InChI=1S/C12H20N2O3/c1-8(12(15)16-5)6-14(4)7-11-9(2)13-17-10(11)3/h8H,6-7H2,1-5H3. The fourth-order valence-electron chi connectivity index (χ4n) is 1.81. The van der Waals surface area contributed by atoms with E-state index in [0.717, 1.165) is 23.6 Å². The van der Waals surface area contributed by atoms with Crippen molar-refractivity contribution < 1.29 is 14.1 Å². The van der Waals surface area contributed by atoms with Crippen LogP contribution in [0.4, 0.5) is 0 Å². The van der Waals surface area contributed by atoms with Crippen molar-refractivity contribution in [1.29, 1.82) is 0 Å². The Balaban J connectivity index is 2.55. The molecule has 0 N–H and O–H groups in total. The number of esters is 1. The number of aromatic nitrogens is 1. The van der Waals surface area contributed by atoms with E-state index in [9.17, 15) is 4.79 Å². The van der Waals surface area contributed by atoms with Crippen LogP contribution in [-0.4, -0.2) is 36.7 Å². The van der Waals surface area contributed by atoms with Crippen LogP contribution in [0.15, 0.2) is 4.52 Å². The first-order valence-electron chi connectivity index (χ1n) is 5.63. The zero-order chi connectivity index (χ0) is 13.0. The first-order valence-corrected chi connectivity index (χ1v) is 5.63. The Morgan fingerprint density at radius 1 is 1.53 bits per heavy atom. The Labute approximate surface area is 102 Å². The van der Waals surface area contributed by atoms with Gasteiger partial charge in [-0.05, 0) is 20.9 Å². The second kappa shape index (κ2) is 5.82. The number of carbonyl (C=O) groups excluding carboxylic acids is 1. The maximum atomic E-state index is 11.3. The lowest BCUT2D eigenvalue weighted by atomic mass is 10.1. The van der Waals surface area contributed by atoms with Gasteiger partial charge in [-0.3, -0.25) is 4.79 Å². The molecule has 0 aliphatic carbocycles. The second-order valence-electron chi connectivity index (χ2n) is 4.42. The molecule has 1 heterocycles. The van der Waals surface area contributed by atoms with Crippen molar-refractivity contribution in [3.8, 4) is 0 Å². The summed E-state index contributed by atoms with van der Waals surface area (Å²) in [6.07, 6.45) is 0. The van der Waals surface area contributed by atoms with Gasteiger partial charge in [0.05, 0.1) is 18.7 Å². The molecule has 1 atom stereocenters. The number of carbonyl (C=O) groups is 1. The van der Waals surface area contributed by atoms with Crippen LogP contribution in [0, 0.1) is 19.8 Å². The van der Waals surface area contributed by atoms with Crippen molar-refractivity contribution in [3.63, 3.8) is 0 Å². The van der Waals surface area contributed by atoms with Crippen LogP contribution in [0.3, 0.4) is 0 Å². The molecule has 0 aromatic carbocycles. The lowest BCUT2D eigenvalue weighted by molar-refractivity contribution is -0.145. The monoisotopic (exact) mass is 240 g/mol. The Hall–Kier alpha value is -1.36. The number of hydrogen-bond acceptors (Lipinski definition) is 5. The average molecular weight is 240 g/mol. The Morgan fingerprint density at radius 3 is 2.65 bits per heavy atom. The molecule has 0 amide bonds. The molecule has 5 heteroatoms. The van der Waals surface area contributed by atoms with Crippen molar-refractivity contribution in [2.24, 2.45) is 5.92 Å². The van der Waals surface area contributed by atoms with E-state index >= 15 is 0 Å². The number of rotatable bonds is 5. The van der Waals surface area contributed by atoms with Gasteiger partial charge in [0, 0.05) is 18.7 Å². The van der Waals surface area contributed by atoms with Crippen molar-refractivity contribution in [2.75, 3.05) is 20.7 Å². The van der Waals surface area contributed by atoms with E-state index in [-0.39, 0.29) is 11.9 Å². The number of ether oxygens (including phenoxy) is 1. The summed E-state index contributed by atoms with van der Waals surface area (Å²) in [5.74, 6) is 0.515. The van der Waals surface area contributed by atoms with Gasteiger partial charge in [-0.15, -0.1) is 0 Å². The van der Waals surface area contributed by atoms with Gasteiger partial charge in [-0.2, -0.15) is 0 Å². The number of methoxy groups -OCH3 is 1. The Bertz CT molecular complexity index is 368. The minimum Gasteiger partial charge on any atom is -0.469 e. The summed E-state index contributed by atoms with van der Waals surface area (Å²) < 4.78 is 9.80. The molecule has 5 nitrogen and oxygen atoms in total. The summed E-state index contributed by atoms with van der Waals surface area (Å²) >= 11 is 0. The molecular formula is C12H20N2O3. The van der Waals surface area contributed by atoms with Gasteiger partial charge in [0.25, 0.3) is 0 Å². The summed E-state index contributed by atoms with van der Waals surface area (Å²) in [5.41, 5.74) is 1.99. The highest BCUT2D eigenvalue weighted by Crippen LogP contribution is 2.15. The van der Waals surface area contributed by atoms with E-state index < -0.39 is 0 Å². The molecule has 1 unspecified atom stereocenters. The highest BCUT2D eigenvalue weighted by atomic mass is 16.5. The molecule has 96 valence electrons. The van der Waals surface area contributed by atoms with Gasteiger partial charge in [-0.25, -0.2) is 0 Å². The van der Waals surface area contributed by atoms with E-state index in [1.54, 1.807) is 0 Å². The highest BCUT2D eigenvalue weighted by Gasteiger charge is 2.17. The van der Waals surface area contributed by atoms with Crippen molar-refractivity contribution in [2.45, 2.75) is 27.3 Å². The SMILES string of the molecule is COC(=O)C(C)CN(C)Cc1c(C)noc1C. The molecule has 0 fully saturated rings. The maximum Gasteiger partial charge on any atom is 0.309 e. The third kappa shape index (κ3) is 3.56. The van der Waals surface area contributed by atoms with Crippen LogP contribution in [0.25, 0.3) is 0 Å². The van der Waals surface area contributed by atoms with Gasteiger partial charge in [0.1, 0.15) is 5.76 Å². The lowest BCUT2D eigenvalue weighted by Gasteiger charge is -2.19. The van der Waals surface area contributed by atoms with Crippen molar-refractivity contribution in [3.05, 3.63) is 17.0 Å². The van der Waals surface area contributed by atoms with E-state index in [2.05, 4.69) is 10.1 Å². The van der Waals surface area contributed by atoms with Gasteiger partial charge in [0.2, 0.25) is 0 Å². The molecule has 1 aromatic heterocycles. The minimum atomic E-state index is -0.185. The Kier molecular flexibility index (Phi) is 4.69. The average Bonchev–Trinajstić information content (AvgIpc) is 2.59. The maximum absolute atomic E-state index is 11.3. The first kappa shape index (κ1) is 13.7. The molecule has 0 radical (unpaired) electrons. The minimum absolute atomic E-state index is 0.134. The first-order chi connectivity index (χ1) is 7.95. The van der Waals surface area contributed by atoms with Gasteiger partial charge in [-0.1, -0.05) is 12.1 Å². The molecular weight excluding hydrogens is 220 g/mol. The summed E-state index contributed by atoms with van der Waals surface area (Å²) in [6.45, 7) is 7.05. The van der Waals surface area contributed by atoms with E-state index in [1.807, 2.05) is 27.8 Å². The number of aryl methyl sites for hydroxylation is 2. The molecule has 1 rings (SSSR count). The highest BCUT2D eigenvalue weighted by molar-refractivity contribution is 5.72. The van der Waals surface area contributed by atoms with Gasteiger partial charge >= 0.3 is 5.97 Å². The number of hydrogen-bond donors (Lipinski definition) is 0. The normalized spacial score (nSPS) is 12.8. The number of nitrogens with zero attached hydrogens (tertiary/aromatic N) is 2. The summed E-state index contributed by atoms with van der Waals surface area (Å²) in [5, 5.41) is 3.91. The topological polar surface area (TPSA) is 55.6 Å². The zero-order valence-electron chi connectivity index (χ0n) is 11.1. The molecule has 0 saturated heterocycles. The van der Waals surface area contributed by atoms with Gasteiger partial charge in [0.15, 0.2) is 0 Å². The molecule has 0 aliphatic rings. The summed E-state index contributed by atoms with van der Waals surface area (Å²) in [4.78, 5) is 13.4. The predicted octanol–water partition coefficient (Wildman–Crippen LogP) is 1.53. The van der Waals surface area contributed by atoms with Crippen LogP contribution in [0.5, 0.6) is 0 Å². The van der Waals surface area contributed by atoms with Crippen LogP contribution in [-0.2, 0) is 16.1 Å². The molecule has 0 saturated carbocycles. The molecule has 0 aliphatic heterocycles. The lowest BCUT2D eigenvalue weighted by Crippen LogP contribution is -2.29. The third-order valence-corrected chi connectivity index (χ3v) is 2.80. The van der Waals surface area contributed by atoms with E-state index in [4.69, 9.17) is 9.26 Å². The predicted molar refractivity (Wildman–Crippen MR) is 63.5 cm³/mol. The van der Waals surface area contributed by atoms with Gasteiger partial charge < -0.3 is 14.2 Å². The summed E-state index contributed by atoms with van der Waals surface area (Å²) in [7, 11) is 3.37. The van der Waals surface area contributed by atoms with Crippen molar-refractivity contribution >= 4 is 5.97 Å². The second-order valence-corrected chi connectivity index (χ2v) is 4.42. The third-order valence-electron chi connectivity index (χ3n) is 2.80. The van der Waals surface area contributed by atoms with E-state index in [1.165, 1.54) is 7.11 Å². The summed E-state index contributed by atoms with van der Waals surface area (Å²) in [6, 6.07) is 0. The fraction of sp³-hybridized carbons (Fsp3) is 0.667. The van der Waals surface area contributed by atoms with Crippen LogP contribution >= 0.6 is 0 Å². The molecule has 17 heavy (non-hydrogen) atoms. The Morgan fingerprint density at radius 2 is 2.18 bits per heavy atom. The smallest absolute Gasteiger partial charge is 0.309 e. The largest absolute Gasteiger partial charge is 0.469 e. The fourth-order valence-corrected chi connectivity index (χ4v) is 1.81. The molecule has 0 spiro atoms. The van der Waals surface area contributed by atoms with E-state index in [0.29, 0.717) is 6.54 Å². The van der Waals surface area contributed by atoms with Crippen molar-refractivity contribution in [1.82, 2.24) is 10.1 Å². The van der Waals surface area contributed by atoms with Crippen LogP contribution in [0.1, 0.15) is 23.9 Å².